The van der Waals surface area contributed by atoms with Gasteiger partial charge in [-0.3, -0.25) is 14.9 Å². The van der Waals surface area contributed by atoms with E-state index in [1.165, 1.54) is 12.1 Å². The summed E-state index contributed by atoms with van der Waals surface area (Å²) >= 11 is 0. The molecule has 0 radical (unpaired) electrons. The average Bonchev–Trinajstić information content (AvgIpc) is 2.46. The summed E-state index contributed by atoms with van der Waals surface area (Å²) in [5, 5.41) is 13.2. The number of carbonyl (C=O) groups excluding carboxylic acids is 1. The van der Waals surface area contributed by atoms with Crippen LogP contribution in [0.25, 0.3) is 0 Å². The second kappa shape index (κ2) is 5.85. The number of anilines is 1. The van der Waals surface area contributed by atoms with Crippen molar-refractivity contribution < 1.29 is 14.1 Å². The Balaban J connectivity index is 2.19. The van der Waals surface area contributed by atoms with Crippen molar-refractivity contribution in [2.24, 2.45) is 5.92 Å². The van der Waals surface area contributed by atoms with E-state index in [0.717, 1.165) is 18.9 Å². The summed E-state index contributed by atoms with van der Waals surface area (Å²) in [4.78, 5) is 23.4. The minimum atomic E-state index is -0.629. The standard InChI is InChI=1S/C13H16FN3O3/c1-15-13(18)9-3-2-6-16(8-9)12-5-4-10(17(19)20)7-11(12)14/h4-5,7,9H,2-3,6,8H2,1H3,(H,15,18). The van der Waals surface area contributed by atoms with Crippen LogP contribution in [0, 0.1) is 21.8 Å². The van der Waals surface area contributed by atoms with Gasteiger partial charge in [0, 0.05) is 26.2 Å². The summed E-state index contributed by atoms with van der Waals surface area (Å²) in [5.41, 5.74) is 0.0373. The Morgan fingerprint density at radius 1 is 1.55 bits per heavy atom. The lowest BCUT2D eigenvalue weighted by Crippen LogP contribution is -2.42. The van der Waals surface area contributed by atoms with E-state index in [0.29, 0.717) is 18.8 Å². The van der Waals surface area contributed by atoms with Crippen molar-refractivity contribution in [3.8, 4) is 0 Å². The molecule has 0 aliphatic carbocycles. The van der Waals surface area contributed by atoms with Crippen LogP contribution in [0.15, 0.2) is 18.2 Å². The molecule has 1 saturated heterocycles. The van der Waals surface area contributed by atoms with Crippen molar-refractivity contribution in [1.82, 2.24) is 5.32 Å². The van der Waals surface area contributed by atoms with Crippen LogP contribution < -0.4 is 10.2 Å². The number of nitro benzene ring substituents is 1. The van der Waals surface area contributed by atoms with Gasteiger partial charge >= 0.3 is 0 Å². The molecule has 0 saturated carbocycles. The summed E-state index contributed by atoms with van der Waals surface area (Å²) in [7, 11) is 1.58. The van der Waals surface area contributed by atoms with Crippen LogP contribution >= 0.6 is 0 Å². The number of halogens is 1. The average molecular weight is 281 g/mol. The van der Waals surface area contributed by atoms with Crippen molar-refractivity contribution in [1.29, 1.82) is 0 Å². The van der Waals surface area contributed by atoms with E-state index in [1.807, 2.05) is 0 Å². The first-order valence-corrected chi connectivity index (χ1v) is 6.43. The second-order valence-corrected chi connectivity index (χ2v) is 4.79. The minimum absolute atomic E-state index is 0.0583. The molecule has 0 spiro atoms. The number of hydrogen-bond donors (Lipinski definition) is 1. The predicted octanol–water partition coefficient (Wildman–Crippen LogP) is 1.70. The van der Waals surface area contributed by atoms with Gasteiger partial charge in [-0.1, -0.05) is 0 Å². The van der Waals surface area contributed by atoms with Gasteiger partial charge in [0.2, 0.25) is 5.91 Å². The van der Waals surface area contributed by atoms with Crippen LogP contribution in [0.3, 0.4) is 0 Å². The monoisotopic (exact) mass is 281 g/mol. The summed E-state index contributed by atoms with van der Waals surface area (Å²) in [6.07, 6.45) is 1.55. The first kappa shape index (κ1) is 14.2. The molecular formula is C13H16FN3O3. The number of hydrogen-bond acceptors (Lipinski definition) is 4. The van der Waals surface area contributed by atoms with Crippen molar-refractivity contribution in [2.45, 2.75) is 12.8 Å². The number of amides is 1. The molecule has 1 heterocycles. The molecule has 20 heavy (non-hydrogen) atoms. The Kier molecular flexibility index (Phi) is 4.16. The SMILES string of the molecule is CNC(=O)C1CCCN(c2ccc([N+](=O)[O-])cc2F)C1. The number of non-ortho nitro benzene ring substituents is 1. The maximum Gasteiger partial charge on any atom is 0.272 e. The zero-order chi connectivity index (χ0) is 14.7. The lowest BCUT2D eigenvalue weighted by atomic mass is 9.96. The molecule has 1 amide bonds. The molecule has 108 valence electrons. The molecular weight excluding hydrogens is 265 g/mol. The first-order chi connectivity index (χ1) is 9.52. The first-order valence-electron chi connectivity index (χ1n) is 6.43. The van der Waals surface area contributed by atoms with Gasteiger partial charge in [-0.15, -0.1) is 0 Å². The van der Waals surface area contributed by atoms with Crippen LogP contribution in [-0.4, -0.2) is 31.0 Å². The molecule has 0 aromatic heterocycles. The number of benzene rings is 1. The molecule has 1 aromatic carbocycles. The highest BCUT2D eigenvalue weighted by molar-refractivity contribution is 5.79. The van der Waals surface area contributed by atoms with Gasteiger partial charge in [0.05, 0.1) is 22.6 Å². The van der Waals surface area contributed by atoms with E-state index in [-0.39, 0.29) is 17.5 Å². The highest BCUT2D eigenvalue weighted by atomic mass is 19.1. The number of nitrogens with zero attached hydrogens (tertiary/aromatic N) is 2. The molecule has 7 heteroatoms. The van der Waals surface area contributed by atoms with Crippen LogP contribution in [0.4, 0.5) is 15.8 Å². The van der Waals surface area contributed by atoms with Crippen molar-refractivity contribution in [3.05, 3.63) is 34.1 Å². The molecule has 1 unspecified atom stereocenters. The maximum atomic E-state index is 14.0. The molecule has 1 fully saturated rings. The van der Waals surface area contributed by atoms with Crippen LogP contribution in [0.5, 0.6) is 0 Å². The fourth-order valence-corrected chi connectivity index (χ4v) is 2.48. The topological polar surface area (TPSA) is 75.5 Å². The smallest absolute Gasteiger partial charge is 0.272 e. The second-order valence-electron chi connectivity index (χ2n) is 4.79. The molecule has 1 aliphatic rings. The van der Waals surface area contributed by atoms with Crippen molar-refractivity contribution in [3.63, 3.8) is 0 Å². The Morgan fingerprint density at radius 2 is 2.30 bits per heavy atom. The van der Waals surface area contributed by atoms with E-state index in [9.17, 15) is 19.3 Å². The van der Waals surface area contributed by atoms with E-state index < -0.39 is 10.7 Å². The van der Waals surface area contributed by atoms with Crippen LogP contribution in [-0.2, 0) is 4.79 Å². The van der Waals surface area contributed by atoms with Gasteiger partial charge < -0.3 is 10.2 Å². The van der Waals surface area contributed by atoms with Crippen LogP contribution in [0.2, 0.25) is 0 Å². The minimum Gasteiger partial charge on any atom is -0.368 e. The van der Waals surface area contributed by atoms with Gasteiger partial charge in [-0.2, -0.15) is 0 Å². The van der Waals surface area contributed by atoms with Crippen molar-refractivity contribution >= 4 is 17.3 Å². The molecule has 1 N–H and O–H groups in total. The van der Waals surface area contributed by atoms with E-state index in [2.05, 4.69) is 5.32 Å². The molecule has 1 aromatic rings. The quantitative estimate of drug-likeness (QED) is 0.676. The van der Waals surface area contributed by atoms with Gasteiger partial charge in [0.25, 0.3) is 5.69 Å². The van der Waals surface area contributed by atoms with E-state index >= 15 is 0 Å². The Labute approximate surface area is 115 Å². The zero-order valence-corrected chi connectivity index (χ0v) is 11.1. The third-order valence-electron chi connectivity index (χ3n) is 3.52. The Hall–Kier alpha value is -2.18. The third-order valence-corrected chi connectivity index (χ3v) is 3.52. The lowest BCUT2D eigenvalue weighted by Gasteiger charge is -2.33. The molecule has 1 aliphatic heterocycles. The predicted molar refractivity (Wildman–Crippen MR) is 72.1 cm³/mol. The maximum absolute atomic E-state index is 14.0. The number of rotatable bonds is 3. The van der Waals surface area contributed by atoms with Gasteiger partial charge in [-0.05, 0) is 18.9 Å². The normalized spacial score (nSPS) is 18.7. The summed E-state index contributed by atoms with van der Waals surface area (Å²) < 4.78 is 14.0. The molecule has 0 bridgehead atoms. The number of nitro groups is 1. The molecule has 6 nitrogen and oxygen atoms in total. The summed E-state index contributed by atoms with van der Waals surface area (Å²) in [6, 6.07) is 3.60. The highest BCUT2D eigenvalue weighted by Gasteiger charge is 2.27. The van der Waals surface area contributed by atoms with E-state index in [1.54, 1.807) is 11.9 Å². The van der Waals surface area contributed by atoms with Gasteiger partial charge in [-0.25, -0.2) is 4.39 Å². The van der Waals surface area contributed by atoms with Crippen molar-refractivity contribution in [2.75, 3.05) is 25.0 Å². The zero-order valence-electron chi connectivity index (χ0n) is 11.1. The fraction of sp³-hybridized carbons (Fsp3) is 0.462. The van der Waals surface area contributed by atoms with Crippen LogP contribution in [0.1, 0.15) is 12.8 Å². The number of carbonyl (C=O) groups is 1. The highest BCUT2D eigenvalue weighted by Crippen LogP contribution is 2.28. The lowest BCUT2D eigenvalue weighted by molar-refractivity contribution is -0.385. The number of nitrogens with one attached hydrogen (secondary N) is 1. The molecule has 2 rings (SSSR count). The summed E-state index contributed by atoms with van der Waals surface area (Å²) in [6.45, 7) is 1.07. The molecule has 1 atom stereocenters. The Bertz CT molecular complexity index is 536. The van der Waals surface area contributed by atoms with Gasteiger partial charge in [0.15, 0.2) is 5.82 Å². The fourth-order valence-electron chi connectivity index (χ4n) is 2.48. The third kappa shape index (κ3) is 2.87. The van der Waals surface area contributed by atoms with Gasteiger partial charge in [0.1, 0.15) is 0 Å². The summed E-state index contributed by atoms with van der Waals surface area (Å²) in [5.74, 6) is -0.864. The van der Waals surface area contributed by atoms with E-state index in [4.69, 9.17) is 0 Å². The Morgan fingerprint density at radius 3 is 2.90 bits per heavy atom. The number of piperidine rings is 1. The largest absolute Gasteiger partial charge is 0.368 e.